The van der Waals surface area contributed by atoms with Gasteiger partial charge in [-0.3, -0.25) is 0 Å². The molecular weight excluding hydrogens is 346 g/mol. The fourth-order valence-electron chi connectivity index (χ4n) is 1.74. The molecule has 0 unspecified atom stereocenters. The zero-order valence-corrected chi connectivity index (χ0v) is 13.0. The average Bonchev–Trinajstić information content (AvgIpc) is 2.54. The standard InChI is InChI=1S/C16H12BrN3O2/c17-11-6-8-13(9-7-11)22-16-14(18)15(19-10-20-16)21-12-4-2-1-3-5-12/h1-10H,18H2. The molecule has 3 aromatic rings. The summed E-state index contributed by atoms with van der Waals surface area (Å²) in [6.07, 6.45) is 1.35. The smallest absolute Gasteiger partial charge is 0.249 e. The Labute approximate surface area is 135 Å². The fourth-order valence-corrected chi connectivity index (χ4v) is 2.01. The Bertz CT molecular complexity index is 764. The van der Waals surface area contributed by atoms with Crippen LogP contribution < -0.4 is 15.2 Å². The minimum Gasteiger partial charge on any atom is -0.437 e. The number of anilines is 1. The molecule has 0 aliphatic carbocycles. The SMILES string of the molecule is Nc1c(Oc2ccccc2)ncnc1Oc1ccc(Br)cc1. The second-order valence-electron chi connectivity index (χ2n) is 4.37. The molecule has 0 atom stereocenters. The summed E-state index contributed by atoms with van der Waals surface area (Å²) in [4.78, 5) is 8.09. The van der Waals surface area contributed by atoms with Gasteiger partial charge in [0.15, 0.2) is 5.69 Å². The Kier molecular flexibility index (Phi) is 4.20. The van der Waals surface area contributed by atoms with E-state index in [1.165, 1.54) is 6.33 Å². The summed E-state index contributed by atoms with van der Waals surface area (Å²) in [7, 11) is 0. The summed E-state index contributed by atoms with van der Waals surface area (Å²) < 4.78 is 12.3. The van der Waals surface area contributed by atoms with Crippen molar-refractivity contribution in [3.8, 4) is 23.3 Å². The number of benzene rings is 2. The lowest BCUT2D eigenvalue weighted by molar-refractivity contribution is 0.438. The van der Waals surface area contributed by atoms with Gasteiger partial charge in [-0.25, -0.2) is 0 Å². The number of nitrogen functional groups attached to an aromatic ring is 1. The van der Waals surface area contributed by atoms with Gasteiger partial charge in [-0.2, -0.15) is 9.97 Å². The number of hydrogen-bond donors (Lipinski definition) is 1. The fraction of sp³-hybridized carbons (Fsp3) is 0. The molecule has 110 valence electrons. The molecule has 5 nitrogen and oxygen atoms in total. The zero-order chi connectivity index (χ0) is 15.4. The molecule has 0 amide bonds. The van der Waals surface area contributed by atoms with Crippen LogP contribution in [0.4, 0.5) is 5.69 Å². The summed E-state index contributed by atoms with van der Waals surface area (Å²) >= 11 is 3.37. The van der Waals surface area contributed by atoms with Crippen LogP contribution in [0.25, 0.3) is 0 Å². The van der Waals surface area contributed by atoms with Crippen molar-refractivity contribution in [2.45, 2.75) is 0 Å². The topological polar surface area (TPSA) is 70.3 Å². The van der Waals surface area contributed by atoms with Crippen LogP contribution in [0.15, 0.2) is 65.4 Å². The van der Waals surface area contributed by atoms with Gasteiger partial charge in [-0.05, 0) is 36.4 Å². The number of aromatic nitrogens is 2. The summed E-state index contributed by atoms with van der Waals surface area (Å²) in [5.41, 5.74) is 6.27. The van der Waals surface area contributed by atoms with Gasteiger partial charge < -0.3 is 15.2 Å². The third-order valence-electron chi connectivity index (χ3n) is 2.80. The minimum absolute atomic E-state index is 0.245. The van der Waals surface area contributed by atoms with Crippen LogP contribution in [-0.2, 0) is 0 Å². The highest BCUT2D eigenvalue weighted by Gasteiger charge is 2.12. The van der Waals surface area contributed by atoms with Crippen molar-refractivity contribution in [3.05, 3.63) is 65.4 Å². The first-order chi connectivity index (χ1) is 10.7. The van der Waals surface area contributed by atoms with Crippen molar-refractivity contribution in [2.24, 2.45) is 0 Å². The van der Waals surface area contributed by atoms with Crippen LogP contribution in [0.1, 0.15) is 0 Å². The zero-order valence-electron chi connectivity index (χ0n) is 11.4. The van der Waals surface area contributed by atoms with Crippen LogP contribution in [0.2, 0.25) is 0 Å². The Hall–Kier alpha value is -2.60. The molecule has 0 aliphatic rings. The number of nitrogens with zero attached hydrogens (tertiary/aromatic N) is 2. The molecule has 1 aromatic heterocycles. The van der Waals surface area contributed by atoms with Crippen molar-refractivity contribution in [3.63, 3.8) is 0 Å². The molecular formula is C16H12BrN3O2. The molecule has 0 fully saturated rings. The van der Waals surface area contributed by atoms with E-state index in [0.29, 0.717) is 11.5 Å². The van der Waals surface area contributed by atoms with Crippen LogP contribution in [0.5, 0.6) is 23.3 Å². The first-order valence-corrected chi connectivity index (χ1v) is 7.28. The molecule has 0 spiro atoms. The number of halogens is 1. The van der Waals surface area contributed by atoms with E-state index < -0.39 is 0 Å². The number of rotatable bonds is 4. The van der Waals surface area contributed by atoms with E-state index in [9.17, 15) is 0 Å². The Morgan fingerprint density at radius 1 is 0.773 bits per heavy atom. The third kappa shape index (κ3) is 3.35. The first-order valence-electron chi connectivity index (χ1n) is 6.49. The van der Waals surface area contributed by atoms with Crippen LogP contribution in [0.3, 0.4) is 0 Å². The molecule has 6 heteroatoms. The van der Waals surface area contributed by atoms with Gasteiger partial charge in [0.25, 0.3) is 0 Å². The second kappa shape index (κ2) is 6.44. The van der Waals surface area contributed by atoms with E-state index in [0.717, 1.165) is 4.47 Å². The lowest BCUT2D eigenvalue weighted by Gasteiger charge is -2.10. The lowest BCUT2D eigenvalue weighted by atomic mass is 10.3. The average molecular weight is 358 g/mol. The lowest BCUT2D eigenvalue weighted by Crippen LogP contribution is -2.00. The van der Waals surface area contributed by atoms with Gasteiger partial charge in [0, 0.05) is 4.47 Å². The second-order valence-corrected chi connectivity index (χ2v) is 5.28. The highest BCUT2D eigenvalue weighted by molar-refractivity contribution is 9.10. The monoisotopic (exact) mass is 357 g/mol. The van der Waals surface area contributed by atoms with Gasteiger partial charge in [-0.15, -0.1) is 0 Å². The van der Waals surface area contributed by atoms with Crippen LogP contribution in [-0.4, -0.2) is 9.97 Å². The summed E-state index contributed by atoms with van der Waals surface area (Å²) in [5.74, 6) is 1.78. The predicted molar refractivity (Wildman–Crippen MR) is 87.2 cm³/mol. The summed E-state index contributed by atoms with van der Waals surface area (Å²) in [6, 6.07) is 16.6. The van der Waals surface area contributed by atoms with E-state index in [1.807, 2.05) is 54.6 Å². The number of para-hydroxylation sites is 1. The largest absolute Gasteiger partial charge is 0.437 e. The maximum Gasteiger partial charge on any atom is 0.249 e. The van der Waals surface area contributed by atoms with Gasteiger partial charge in [0.2, 0.25) is 11.8 Å². The Morgan fingerprint density at radius 2 is 1.32 bits per heavy atom. The summed E-state index contributed by atoms with van der Waals surface area (Å²) in [5, 5.41) is 0. The van der Waals surface area contributed by atoms with Crippen molar-refractivity contribution in [2.75, 3.05) is 5.73 Å². The van der Waals surface area contributed by atoms with Gasteiger partial charge in [-0.1, -0.05) is 34.1 Å². The minimum atomic E-state index is 0.245. The van der Waals surface area contributed by atoms with E-state index in [4.69, 9.17) is 15.2 Å². The van der Waals surface area contributed by atoms with Crippen LogP contribution in [0, 0.1) is 0 Å². The molecule has 2 aromatic carbocycles. The van der Waals surface area contributed by atoms with Gasteiger partial charge in [0.05, 0.1) is 0 Å². The summed E-state index contributed by atoms with van der Waals surface area (Å²) in [6.45, 7) is 0. The molecule has 0 bridgehead atoms. The Balaban J connectivity index is 1.84. The first kappa shape index (κ1) is 14.3. The number of ether oxygens (including phenoxy) is 2. The number of hydrogen-bond acceptors (Lipinski definition) is 5. The molecule has 22 heavy (non-hydrogen) atoms. The molecule has 0 saturated carbocycles. The maximum atomic E-state index is 6.02. The highest BCUT2D eigenvalue weighted by atomic mass is 79.9. The molecule has 3 rings (SSSR count). The van der Waals surface area contributed by atoms with Gasteiger partial charge in [0.1, 0.15) is 17.8 Å². The van der Waals surface area contributed by atoms with Crippen molar-refractivity contribution in [1.29, 1.82) is 0 Å². The van der Waals surface area contributed by atoms with Crippen molar-refractivity contribution >= 4 is 21.6 Å². The highest BCUT2D eigenvalue weighted by Crippen LogP contribution is 2.33. The van der Waals surface area contributed by atoms with E-state index >= 15 is 0 Å². The van der Waals surface area contributed by atoms with Crippen molar-refractivity contribution < 1.29 is 9.47 Å². The molecule has 0 radical (unpaired) electrons. The van der Waals surface area contributed by atoms with E-state index in [1.54, 1.807) is 0 Å². The Morgan fingerprint density at radius 3 is 1.91 bits per heavy atom. The van der Waals surface area contributed by atoms with Crippen LogP contribution >= 0.6 is 15.9 Å². The molecule has 1 heterocycles. The predicted octanol–water partition coefficient (Wildman–Crippen LogP) is 4.41. The quantitative estimate of drug-likeness (QED) is 0.748. The van der Waals surface area contributed by atoms with Crippen molar-refractivity contribution in [1.82, 2.24) is 9.97 Å². The maximum absolute atomic E-state index is 6.02. The molecule has 0 aliphatic heterocycles. The van der Waals surface area contributed by atoms with E-state index in [-0.39, 0.29) is 17.4 Å². The molecule has 2 N–H and O–H groups in total. The van der Waals surface area contributed by atoms with E-state index in [2.05, 4.69) is 25.9 Å². The third-order valence-corrected chi connectivity index (χ3v) is 3.33. The van der Waals surface area contributed by atoms with Gasteiger partial charge >= 0.3 is 0 Å². The normalized spacial score (nSPS) is 10.2. The number of nitrogens with two attached hydrogens (primary N) is 1. The molecule has 0 saturated heterocycles.